The van der Waals surface area contributed by atoms with Gasteiger partial charge in [-0.1, -0.05) is 17.3 Å². The third-order valence-corrected chi connectivity index (χ3v) is 4.06. The standard InChI is InChI=1S/C15H21N5O/c1-16-9-12-5-4-8-19(10-12)11-20-15(21)13-6-2-3-7-14(13)17-18-20/h2-3,6-7,12,16H,4-5,8-11H2,1H3. The van der Waals surface area contributed by atoms with Gasteiger partial charge in [0.2, 0.25) is 0 Å². The first-order valence-electron chi connectivity index (χ1n) is 7.47. The Morgan fingerprint density at radius 1 is 1.38 bits per heavy atom. The van der Waals surface area contributed by atoms with Crippen molar-refractivity contribution in [2.75, 3.05) is 26.7 Å². The molecular weight excluding hydrogens is 266 g/mol. The molecule has 21 heavy (non-hydrogen) atoms. The van der Waals surface area contributed by atoms with E-state index in [9.17, 15) is 4.79 Å². The number of rotatable bonds is 4. The van der Waals surface area contributed by atoms with Gasteiger partial charge >= 0.3 is 0 Å². The van der Waals surface area contributed by atoms with Crippen LogP contribution in [0.5, 0.6) is 0 Å². The lowest BCUT2D eigenvalue weighted by molar-refractivity contribution is 0.127. The Labute approximate surface area is 123 Å². The van der Waals surface area contributed by atoms with Crippen LogP contribution in [-0.2, 0) is 6.67 Å². The molecule has 1 aromatic carbocycles. The van der Waals surface area contributed by atoms with Crippen molar-refractivity contribution in [3.63, 3.8) is 0 Å². The molecule has 2 aromatic rings. The summed E-state index contributed by atoms with van der Waals surface area (Å²) in [5.74, 6) is 0.646. The van der Waals surface area contributed by atoms with Crippen LogP contribution >= 0.6 is 0 Å². The summed E-state index contributed by atoms with van der Waals surface area (Å²) < 4.78 is 1.48. The van der Waals surface area contributed by atoms with E-state index in [0.717, 1.165) is 19.6 Å². The first-order valence-corrected chi connectivity index (χ1v) is 7.47. The molecule has 1 N–H and O–H groups in total. The molecule has 0 saturated carbocycles. The zero-order valence-corrected chi connectivity index (χ0v) is 12.3. The molecule has 1 fully saturated rings. The minimum Gasteiger partial charge on any atom is -0.319 e. The third kappa shape index (κ3) is 3.11. The third-order valence-electron chi connectivity index (χ3n) is 4.06. The van der Waals surface area contributed by atoms with Gasteiger partial charge in [-0.25, -0.2) is 0 Å². The summed E-state index contributed by atoms with van der Waals surface area (Å²) in [5, 5.41) is 12.1. The number of hydrogen-bond donors (Lipinski definition) is 1. The van der Waals surface area contributed by atoms with Gasteiger partial charge < -0.3 is 5.32 Å². The van der Waals surface area contributed by atoms with Crippen molar-refractivity contribution in [1.29, 1.82) is 0 Å². The highest BCUT2D eigenvalue weighted by atomic mass is 16.1. The van der Waals surface area contributed by atoms with Crippen LogP contribution in [0.2, 0.25) is 0 Å². The van der Waals surface area contributed by atoms with E-state index in [1.165, 1.54) is 17.5 Å². The summed E-state index contributed by atoms with van der Waals surface area (Å²) in [4.78, 5) is 14.7. The molecule has 0 amide bonds. The van der Waals surface area contributed by atoms with Crippen LogP contribution in [-0.4, -0.2) is 46.6 Å². The second-order valence-corrected chi connectivity index (χ2v) is 5.70. The molecule has 1 aliphatic rings. The van der Waals surface area contributed by atoms with Crippen LogP contribution in [0.3, 0.4) is 0 Å². The highest BCUT2D eigenvalue weighted by Gasteiger charge is 2.20. The van der Waals surface area contributed by atoms with Crippen molar-refractivity contribution >= 4 is 10.9 Å². The molecule has 6 heteroatoms. The van der Waals surface area contributed by atoms with Gasteiger partial charge in [0.25, 0.3) is 5.56 Å². The lowest BCUT2D eigenvalue weighted by Gasteiger charge is -2.32. The Hall–Kier alpha value is -1.79. The van der Waals surface area contributed by atoms with Crippen molar-refractivity contribution in [3.8, 4) is 0 Å². The van der Waals surface area contributed by atoms with E-state index in [2.05, 4.69) is 20.5 Å². The van der Waals surface area contributed by atoms with Gasteiger partial charge in [-0.2, -0.15) is 4.68 Å². The number of benzene rings is 1. The fourth-order valence-corrected chi connectivity index (χ4v) is 3.04. The minimum absolute atomic E-state index is 0.0589. The van der Waals surface area contributed by atoms with Gasteiger partial charge in [-0.15, -0.1) is 5.10 Å². The average molecular weight is 287 g/mol. The van der Waals surface area contributed by atoms with Crippen molar-refractivity contribution in [2.24, 2.45) is 5.92 Å². The summed E-state index contributed by atoms with van der Waals surface area (Å²) in [6.07, 6.45) is 2.41. The molecule has 1 aliphatic heterocycles. The van der Waals surface area contributed by atoms with Crippen molar-refractivity contribution in [2.45, 2.75) is 19.5 Å². The van der Waals surface area contributed by atoms with Gasteiger partial charge in [-0.3, -0.25) is 9.69 Å². The summed E-state index contributed by atoms with van der Waals surface area (Å²) in [6, 6.07) is 7.36. The summed E-state index contributed by atoms with van der Waals surface area (Å²) in [7, 11) is 1.98. The van der Waals surface area contributed by atoms with Crippen LogP contribution in [0.1, 0.15) is 12.8 Å². The molecule has 3 rings (SSSR count). The van der Waals surface area contributed by atoms with E-state index in [-0.39, 0.29) is 5.56 Å². The second kappa shape index (κ2) is 6.32. The maximum absolute atomic E-state index is 12.4. The van der Waals surface area contributed by atoms with Gasteiger partial charge in [0.1, 0.15) is 5.52 Å². The van der Waals surface area contributed by atoms with E-state index in [4.69, 9.17) is 0 Å². The topological polar surface area (TPSA) is 63.1 Å². The van der Waals surface area contributed by atoms with E-state index in [1.807, 2.05) is 31.3 Å². The number of hydrogen-bond acceptors (Lipinski definition) is 5. The van der Waals surface area contributed by atoms with Gasteiger partial charge in [0, 0.05) is 6.54 Å². The van der Waals surface area contributed by atoms with Gasteiger partial charge in [-0.05, 0) is 51.0 Å². The summed E-state index contributed by atoms with van der Waals surface area (Å²) >= 11 is 0. The Kier molecular flexibility index (Phi) is 4.26. The predicted molar refractivity (Wildman–Crippen MR) is 82.0 cm³/mol. The van der Waals surface area contributed by atoms with Gasteiger partial charge in [0.05, 0.1) is 12.1 Å². The van der Waals surface area contributed by atoms with Crippen LogP contribution in [0.25, 0.3) is 10.9 Å². The average Bonchev–Trinajstić information content (AvgIpc) is 2.51. The van der Waals surface area contributed by atoms with Gasteiger partial charge in [0.15, 0.2) is 0 Å². The Morgan fingerprint density at radius 3 is 3.10 bits per heavy atom. The summed E-state index contributed by atoms with van der Waals surface area (Å²) in [5.41, 5.74) is 0.599. The molecule has 2 heterocycles. The molecule has 1 saturated heterocycles. The fourth-order valence-electron chi connectivity index (χ4n) is 3.04. The molecule has 0 aliphatic carbocycles. The Bertz CT molecular complexity index is 666. The maximum Gasteiger partial charge on any atom is 0.278 e. The molecule has 1 atom stereocenters. The molecule has 112 valence electrons. The zero-order valence-electron chi connectivity index (χ0n) is 12.3. The maximum atomic E-state index is 12.4. The number of aromatic nitrogens is 3. The number of likely N-dealkylation sites (tertiary alicyclic amines) is 1. The number of piperidine rings is 1. The molecule has 1 unspecified atom stereocenters. The molecule has 6 nitrogen and oxygen atoms in total. The lowest BCUT2D eigenvalue weighted by atomic mass is 9.98. The smallest absolute Gasteiger partial charge is 0.278 e. The molecule has 0 bridgehead atoms. The Balaban J connectivity index is 1.78. The zero-order chi connectivity index (χ0) is 14.7. The number of fused-ring (bicyclic) bond motifs is 1. The fraction of sp³-hybridized carbons (Fsp3) is 0.533. The van der Waals surface area contributed by atoms with E-state index < -0.39 is 0 Å². The molecule has 1 aromatic heterocycles. The first kappa shape index (κ1) is 14.2. The normalized spacial score (nSPS) is 20.0. The van der Waals surface area contributed by atoms with Crippen molar-refractivity contribution < 1.29 is 0 Å². The van der Waals surface area contributed by atoms with Crippen LogP contribution in [0, 0.1) is 5.92 Å². The largest absolute Gasteiger partial charge is 0.319 e. The lowest BCUT2D eigenvalue weighted by Crippen LogP contribution is -2.42. The molecular formula is C15H21N5O. The van der Waals surface area contributed by atoms with Crippen molar-refractivity contribution in [3.05, 3.63) is 34.6 Å². The minimum atomic E-state index is -0.0589. The SMILES string of the molecule is CNCC1CCCN(Cn2nnc3ccccc3c2=O)C1. The van der Waals surface area contributed by atoms with Crippen LogP contribution in [0.4, 0.5) is 0 Å². The van der Waals surface area contributed by atoms with Crippen LogP contribution < -0.4 is 10.9 Å². The highest BCUT2D eigenvalue weighted by Crippen LogP contribution is 2.15. The van der Waals surface area contributed by atoms with E-state index in [1.54, 1.807) is 0 Å². The van der Waals surface area contributed by atoms with E-state index in [0.29, 0.717) is 23.5 Å². The quantitative estimate of drug-likeness (QED) is 0.896. The number of nitrogens with zero attached hydrogens (tertiary/aromatic N) is 4. The predicted octanol–water partition coefficient (Wildman–Crippen LogP) is 0.680. The summed E-state index contributed by atoms with van der Waals surface area (Å²) in [6.45, 7) is 3.56. The highest BCUT2D eigenvalue weighted by molar-refractivity contribution is 5.76. The van der Waals surface area contributed by atoms with Crippen LogP contribution in [0.15, 0.2) is 29.1 Å². The van der Waals surface area contributed by atoms with E-state index >= 15 is 0 Å². The monoisotopic (exact) mass is 287 g/mol. The molecule has 0 radical (unpaired) electrons. The first-order chi connectivity index (χ1) is 10.3. The Morgan fingerprint density at radius 2 is 2.24 bits per heavy atom. The van der Waals surface area contributed by atoms with Crippen molar-refractivity contribution in [1.82, 2.24) is 25.2 Å². The second-order valence-electron chi connectivity index (χ2n) is 5.70. The molecule has 0 spiro atoms. The number of nitrogens with one attached hydrogen (secondary N) is 1.